The zero-order valence-corrected chi connectivity index (χ0v) is 11.3. The van der Waals surface area contributed by atoms with E-state index in [-0.39, 0.29) is 17.4 Å². The van der Waals surface area contributed by atoms with Crippen LogP contribution in [0.2, 0.25) is 0 Å². The quantitative estimate of drug-likeness (QED) is 0.518. The Morgan fingerprint density at radius 2 is 1.80 bits per heavy atom. The number of phenolic OH excluding ortho intramolecular Hbond substituents is 2. The highest BCUT2D eigenvalue weighted by Crippen LogP contribution is 2.23. The van der Waals surface area contributed by atoms with Crippen LogP contribution in [-0.4, -0.2) is 16.1 Å². The predicted molar refractivity (Wildman–Crippen MR) is 81.1 cm³/mol. The average molecular weight is 287 g/mol. The topological polar surface area (TPSA) is 69.6 Å². The summed E-state index contributed by atoms with van der Waals surface area (Å²) in [5.41, 5.74) is 1.11. The molecule has 0 bridgehead atoms. The molecule has 102 valence electrons. The molecule has 0 heterocycles. The summed E-state index contributed by atoms with van der Waals surface area (Å²) in [6.07, 6.45) is 2.78. The van der Waals surface area contributed by atoms with Crippen molar-refractivity contribution >= 4 is 30.3 Å². The second-order valence-electron chi connectivity index (χ2n) is 4.11. The second-order valence-corrected chi connectivity index (χ2v) is 4.63. The van der Waals surface area contributed by atoms with Crippen molar-refractivity contribution in [3.63, 3.8) is 0 Å². The maximum Gasteiger partial charge on any atom is 0.248 e. The summed E-state index contributed by atoms with van der Waals surface area (Å²) < 4.78 is 0. The van der Waals surface area contributed by atoms with Crippen molar-refractivity contribution in [2.75, 3.05) is 5.32 Å². The first-order chi connectivity index (χ1) is 9.54. The number of hydrogen-bond acceptors (Lipinski definition) is 4. The van der Waals surface area contributed by atoms with E-state index in [9.17, 15) is 9.90 Å². The average Bonchev–Trinajstić information content (AvgIpc) is 2.40. The molecule has 0 aliphatic rings. The van der Waals surface area contributed by atoms with Gasteiger partial charge in [-0.05, 0) is 42.5 Å². The van der Waals surface area contributed by atoms with Gasteiger partial charge in [0.05, 0.1) is 0 Å². The molecular weight excluding hydrogens is 274 g/mol. The van der Waals surface area contributed by atoms with Crippen LogP contribution >= 0.6 is 12.6 Å². The molecule has 0 unspecified atom stereocenters. The number of anilines is 1. The van der Waals surface area contributed by atoms with E-state index in [2.05, 4.69) is 17.9 Å². The number of carbonyl (C=O) groups is 1. The Balaban J connectivity index is 2.03. The Hall–Kier alpha value is -2.40. The van der Waals surface area contributed by atoms with Crippen molar-refractivity contribution in [1.29, 1.82) is 0 Å². The van der Waals surface area contributed by atoms with Crippen LogP contribution in [0.25, 0.3) is 6.08 Å². The molecule has 0 aliphatic carbocycles. The van der Waals surface area contributed by atoms with Gasteiger partial charge in [-0.15, -0.1) is 12.6 Å². The molecule has 0 saturated carbocycles. The smallest absolute Gasteiger partial charge is 0.248 e. The summed E-state index contributed by atoms with van der Waals surface area (Å²) >= 11 is 4.16. The third kappa shape index (κ3) is 3.80. The normalized spacial score (nSPS) is 10.7. The fraction of sp³-hybridized carbons (Fsp3) is 0. The number of amides is 1. The summed E-state index contributed by atoms with van der Waals surface area (Å²) in [5.74, 6) is -0.436. The van der Waals surface area contributed by atoms with Crippen molar-refractivity contribution in [3.05, 3.63) is 54.1 Å². The predicted octanol–water partition coefficient (Wildman–Crippen LogP) is 3.04. The number of phenols is 2. The number of rotatable bonds is 3. The van der Waals surface area contributed by atoms with Crippen LogP contribution < -0.4 is 5.32 Å². The highest BCUT2D eigenvalue weighted by Gasteiger charge is 2.01. The molecular formula is C15H13NO3S. The van der Waals surface area contributed by atoms with Crippen LogP contribution in [0.4, 0.5) is 5.69 Å². The first-order valence-electron chi connectivity index (χ1n) is 5.85. The van der Waals surface area contributed by atoms with Gasteiger partial charge in [0, 0.05) is 28.3 Å². The molecule has 5 heteroatoms. The number of nitrogens with one attached hydrogen (secondary N) is 1. The fourth-order valence-electron chi connectivity index (χ4n) is 1.57. The second kappa shape index (κ2) is 6.16. The van der Waals surface area contributed by atoms with Crippen molar-refractivity contribution in [1.82, 2.24) is 0 Å². The molecule has 4 nitrogen and oxygen atoms in total. The zero-order chi connectivity index (χ0) is 14.5. The van der Waals surface area contributed by atoms with E-state index in [1.807, 2.05) is 0 Å². The number of hydrogen-bond donors (Lipinski definition) is 4. The van der Waals surface area contributed by atoms with Crippen LogP contribution in [0.1, 0.15) is 5.56 Å². The van der Waals surface area contributed by atoms with Crippen LogP contribution in [-0.2, 0) is 4.79 Å². The minimum absolute atomic E-state index is 0.0315. The molecule has 2 aromatic carbocycles. The third-order valence-electron chi connectivity index (χ3n) is 2.56. The molecule has 2 aromatic rings. The monoisotopic (exact) mass is 287 g/mol. The van der Waals surface area contributed by atoms with Crippen molar-refractivity contribution < 1.29 is 15.0 Å². The molecule has 20 heavy (non-hydrogen) atoms. The lowest BCUT2D eigenvalue weighted by atomic mass is 10.2. The molecule has 0 spiro atoms. The van der Waals surface area contributed by atoms with E-state index in [4.69, 9.17) is 5.11 Å². The summed E-state index contributed by atoms with van der Waals surface area (Å²) in [6.45, 7) is 0. The highest BCUT2D eigenvalue weighted by molar-refractivity contribution is 7.80. The number of carbonyl (C=O) groups excluding carboxylic acids is 1. The van der Waals surface area contributed by atoms with Crippen molar-refractivity contribution in [3.8, 4) is 11.5 Å². The van der Waals surface area contributed by atoms with E-state index in [0.717, 1.165) is 4.90 Å². The minimum atomic E-state index is -0.315. The van der Waals surface area contributed by atoms with Gasteiger partial charge in [0.1, 0.15) is 11.5 Å². The van der Waals surface area contributed by atoms with Crippen molar-refractivity contribution in [2.45, 2.75) is 4.90 Å². The Kier molecular flexibility index (Phi) is 4.32. The van der Waals surface area contributed by atoms with Crippen molar-refractivity contribution in [2.24, 2.45) is 0 Å². The Morgan fingerprint density at radius 1 is 1.10 bits per heavy atom. The first-order valence-corrected chi connectivity index (χ1v) is 6.29. The first kappa shape index (κ1) is 14.0. The zero-order valence-electron chi connectivity index (χ0n) is 10.4. The lowest BCUT2D eigenvalue weighted by Crippen LogP contribution is -2.07. The Labute approximate surface area is 121 Å². The van der Waals surface area contributed by atoms with Gasteiger partial charge in [0.2, 0.25) is 5.91 Å². The van der Waals surface area contributed by atoms with Crippen LogP contribution in [0.5, 0.6) is 11.5 Å². The van der Waals surface area contributed by atoms with Crippen LogP contribution in [0, 0.1) is 0 Å². The number of thiol groups is 1. The molecule has 2 rings (SSSR count). The highest BCUT2D eigenvalue weighted by atomic mass is 32.1. The third-order valence-corrected chi connectivity index (χ3v) is 2.86. The van der Waals surface area contributed by atoms with Gasteiger partial charge in [0.25, 0.3) is 0 Å². The van der Waals surface area contributed by atoms with Gasteiger partial charge in [0.15, 0.2) is 0 Å². The molecule has 0 saturated heterocycles. The Morgan fingerprint density at radius 3 is 2.45 bits per heavy atom. The lowest BCUT2D eigenvalue weighted by molar-refractivity contribution is -0.111. The van der Waals surface area contributed by atoms with E-state index in [1.54, 1.807) is 24.3 Å². The standard InChI is InChI=1S/C15H13NO3S/c17-12-5-1-10(14(18)9-12)2-8-15(19)16-11-3-6-13(20)7-4-11/h1-9,17-18,20H,(H,16,19)/b8-2+. The van der Waals surface area contributed by atoms with E-state index in [0.29, 0.717) is 11.3 Å². The molecule has 3 N–H and O–H groups in total. The van der Waals surface area contributed by atoms with E-state index < -0.39 is 0 Å². The van der Waals surface area contributed by atoms with Gasteiger partial charge in [-0.3, -0.25) is 4.79 Å². The number of benzene rings is 2. The maximum atomic E-state index is 11.7. The number of aromatic hydroxyl groups is 2. The largest absolute Gasteiger partial charge is 0.508 e. The van der Waals surface area contributed by atoms with Gasteiger partial charge in [-0.2, -0.15) is 0 Å². The molecule has 1 amide bonds. The van der Waals surface area contributed by atoms with Gasteiger partial charge >= 0.3 is 0 Å². The van der Waals surface area contributed by atoms with Gasteiger partial charge < -0.3 is 15.5 Å². The molecule has 0 atom stereocenters. The van der Waals surface area contributed by atoms with Gasteiger partial charge in [-0.25, -0.2) is 0 Å². The molecule has 0 fully saturated rings. The molecule has 0 radical (unpaired) electrons. The van der Waals surface area contributed by atoms with Crippen LogP contribution in [0.15, 0.2) is 53.4 Å². The lowest BCUT2D eigenvalue weighted by Gasteiger charge is -2.02. The fourth-order valence-corrected chi connectivity index (χ4v) is 1.72. The summed E-state index contributed by atoms with van der Waals surface area (Å²) in [4.78, 5) is 12.5. The van der Waals surface area contributed by atoms with E-state index >= 15 is 0 Å². The van der Waals surface area contributed by atoms with E-state index in [1.165, 1.54) is 30.4 Å². The summed E-state index contributed by atoms with van der Waals surface area (Å²) in [5, 5.41) is 21.4. The SMILES string of the molecule is O=C(/C=C/c1ccc(O)cc1O)Nc1ccc(S)cc1. The Bertz CT molecular complexity index is 651. The summed E-state index contributed by atoms with van der Waals surface area (Å²) in [6, 6.07) is 11.2. The maximum absolute atomic E-state index is 11.7. The van der Waals surface area contributed by atoms with Crippen LogP contribution in [0.3, 0.4) is 0 Å². The molecule has 0 aliphatic heterocycles. The summed E-state index contributed by atoms with van der Waals surface area (Å²) in [7, 11) is 0. The molecule has 0 aromatic heterocycles. The minimum Gasteiger partial charge on any atom is -0.508 e. The van der Waals surface area contributed by atoms with Gasteiger partial charge in [-0.1, -0.05) is 0 Å².